The van der Waals surface area contributed by atoms with Crippen LogP contribution < -0.4 is 0 Å². The first-order valence-electron chi connectivity index (χ1n) is 7.37. The number of hydrogen-bond acceptors (Lipinski definition) is 5. The second-order valence-corrected chi connectivity index (χ2v) is 10.1. The Bertz CT molecular complexity index is 827. The van der Waals surface area contributed by atoms with Crippen molar-refractivity contribution in [3.05, 3.63) is 29.3 Å². The highest BCUT2D eigenvalue weighted by Crippen LogP contribution is 2.22. The summed E-state index contributed by atoms with van der Waals surface area (Å²) < 4.78 is 46.7. The number of amides is 1. The lowest BCUT2D eigenvalue weighted by molar-refractivity contribution is 0.0707. The van der Waals surface area contributed by atoms with E-state index in [-0.39, 0.29) is 28.4 Å². The summed E-state index contributed by atoms with van der Waals surface area (Å²) in [7, 11) is -6.51. The minimum absolute atomic E-state index is 0.0304. The van der Waals surface area contributed by atoms with Crippen LogP contribution in [0.1, 0.15) is 29.3 Å². The molecule has 1 aromatic carbocycles. The van der Waals surface area contributed by atoms with Gasteiger partial charge in [0.2, 0.25) is 0 Å². The third-order valence-corrected chi connectivity index (χ3v) is 6.98. The second kappa shape index (κ2) is 6.24. The van der Waals surface area contributed by atoms with Crippen molar-refractivity contribution in [1.29, 1.82) is 0 Å². The van der Waals surface area contributed by atoms with Gasteiger partial charge in [-0.25, -0.2) is 16.8 Å². The van der Waals surface area contributed by atoms with Crippen LogP contribution in [0.15, 0.2) is 23.1 Å². The van der Waals surface area contributed by atoms with Gasteiger partial charge in [0.25, 0.3) is 5.91 Å². The summed E-state index contributed by atoms with van der Waals surface area (Å²) >= 11 is 0. The fraction of sp³-hybridized carbons (Fsp3) is 0.533. The summed E-state index contributed by atoms with van der Waals surface area (Å²) in [5, 5.41) is 0. The van der Waals surface area contributed by atoms with E-state index < -0.39 is 19.7 Å². The van der Waals surface area contributed by atoms with Crippen LogP contribution in [-0.4, -0.2) is 58.0 Å². The van der Waals surface area contributed by atoms with Gasteiger partial charge in [0, 0.05) is 24.4 Å². The number of benzene rings is 1. The van der Waals surface area contributed by atoms with E-state index in [1.54, 1.807) is 19.9 Å². The molecular weight excluding hydrogens is 338 g/mol. The minimum atomic E-state index is -3.41. The molecule has 0 N–H and O–H groups in total. The second-order valence-electron chi connectivity index (χ2n) is 5.90. The van der Waals surface area contributed by atoms with Crippen molar-refractivity contribution in [3.63, 3.8) is 0 Å². The molecule has 1 amide bonds. The molecule has 6 nitrogen and oxygen atoms in total. The summed E-state index contributed by atoms with van der Waals surface area (Å²) in [4.78, 5) is 14.4. The van der Waals surface area contributed by atoms with Crippen molar-refractivity contribution in [1.82, 2.24) is 4.90 Å². The number of hydrogen-bond donors (Lipinski definition) is 0. The zero-order chi connectivity index (χ0) is 17.4. The van der Waals surface area contributed by atoms with Crippen molar-refractivity contribution < 1.29 is 21.6 Å². The molecule has 0 unspecified atom stereocenters. The van der Waals surface area contributed by atoms with Crippen LogP contribution in [0.5, 0.6) is 0 Å². The summed E-state index contributed by atoms with van der Waals surface area (Å²) in [5.41, 5.74) is 0.973. The first kappa shape index (κ1) is 17.9. The van der Waals surface area contributed by atoms with Gasteiger partial charge in [0.15, 0.2) is 19.7 Å². The van der Waals surface area contributed by atoms with E-state index in [0.717, 1.165) is 6.26 Å². The van der Waals surface area contributed by atoms with Crippen molar-refractivity contribution in [2.24, 2.45) is 0 Å². The average Bonchev–Trinajstić information content (AvgIpc) is 2.78. The van der Waals surface area contributed by atoms with Crippen LogP contribution in [-0.2, 0) is 19.7 Å². The Balaban J connectivity index is 2.38. The number of carbonyl (C=O) groups excluding carboxylic acids is 1. The summed E-state index contributed by atoms with van der Waals surface area (Å²) in [5.74, 6) is -0.265. The summed E-state index contributed by atoms with van der Waals surface area (Å²) in [6.45, 7) is 3.90. The summed E-state index contributed by atoms with van der Waals surface area (Å²) in [6, 6.07) is 4.10. The lowest BCUT2D eigenvalue weighted by atomic mass is 10.1. The molecule has 0 aliphatic carbocycles. The van der Waals surface area contributed by atoms with Gasteiger partial charge in [-0.05, 0) is 38.0 Å². The van der Waals surface area contributed by atoms with Crippen LogP contribution in [0.25, 0.3) is 0 Å². The smallest absolute Gasteiger partial charge is 0.254 e. The van der Waals surface area contributed by atoms with Gasteiger partial charge < -0.3 is 4.90 Å². The van der Waals surface area contributed by atoms with Crippen molar-refractivity contribution >= 4 is 25.6 Å². The first-order valence-corrected chi connectivity index (χ1v) is 11.1. The Morgan fingerprint density at radius 1 is 1.35 bits per heavy atom. The number of rotatable bonds is 4. The molecule has 0 aromatic heterocycles. The molecule has 1 aromatic rings. The Hall–Kier alpha value is -1.41. The molecule has 1 aliphatic heterocycles. The van der Waals surface area contributed by atoms with Crippen molar-refractivity contribution in [2.45, 2.75) is 31.2 Å². The van der Waals surface area contributed by atoms with Crippen LogP contribution in [0.4, 0.5) is 0 Å². The highest BCUT2D eigenvalue weighted by Gasteiger charge is 2.34. The van der Waals surface area contributed by atoms with E-state index in [1.807, 2.05) is 0 Å². The zero-order valence-electron chi connectivity index (χ0n) is 13.4. The number of carbonyl (C=O) groups is 1. The van der Waals surface area contributed by atoms with Crippen LogP contribution >= 0.6 is 0 Å². The fourth-order valence-corrected chi connectivity index (χ4v) is 5.18. The van der Waals surface area contributed by atoms with E-state index >= 15 is 0 Å². The molecule has 23 heavy (non-hydrogen) atoms. The molecule has 128 valence electrons. The predicted molar refractivity (Wildman–Crippen MR) is 88.1 cm³/mol. The van der Waals surface area contributed by atoms with Crippen LogP contribution in [0, 0.1) is 6.92 Å². The minimum Gasteiger partial charge on any atom is -0.335 e. The molecule has 1 atom stereocenters. The van der Waals surface area contributed by atoms with Crippen molar-refractivity contribution in [2.75, 3.05) is 24.3 Å². The molecule has 0 bridgehead atoms. The number of aryl methyl sites for hydroxylation is 1. The van der Waals surface area contributed by atoms with E-state index in [0.29, 0.717) is 24.1 Å². The number of sulfone groups is 2. The van der Waals surface area contributed by atoms with Crippen LogP contribution in [0.2, 0.25) is 0 Å². The maximum atomic E-state index is 12.8. The Morgan fingerprint density at radius 3 is 2.48 bits per heavy atom. The Labute approximate surface area is 137 Å². The van der Waals surface area contributed by atoms with Gasteiger partial charge in [0.05, 0.1) is 16.4 Å². The number of nitrogens with zero attached hydrogens (tertiary/aromatic N) is 1. The largest absolute Gasteiger partial charge is 0.335 e. The topological polar surface area (TPSA) is 88.6 Å². The lowest BCUT2D eigenvalue weighted by Gasteiger charge is -2.27. The van der Waals surface area contributed by atoms with E-state index in [9.17, 15) is 21.6 Å². The highest BCUT2D eigenvalue weighted by molar-refractivity contribution is 7.91. The summed E-state index contributed by atoms with van der Waals surface area (Å²) in [6.07, 6.45) is 1.51. The van der Waals surface area contributed by atoms with E-state index in [1.165, 1.54) is 17.0 Å². The molecule has 2 rings (SSSR count). The van der Waals surface area contributed by atoms with Gasteiger partial charge in [0.1, 0.15) is 0 Å². The standard InChI is InChI=1S/C15H21NO5S2/c1-4-16(12-7-8-23(20,21)10-12)15(17)14-9-13(22(3,18)19)6-5-11(14)2/h5-6,9,12H,4,7-8,10H2,1-3H3/t12-/m0/s1. The monoisotopic (exact) mass is 359 g/mol. The van der Waals surface area contributed by atoms with Gasteiger partial charge >= 0.3 is 0 Å². The van der Waals surface area contributed by atoms with Gasteiger partial charge in [-0.1, -0.05) is 6.07 Å². The zero-order valence-corrected chi connectivity index (χ0v) is 15.1. The molecule has 1 aliphatic rings. The molecular formula is C15H21NO5S2. The Morgan fingerprint density at radius 2 is 2.00 bits per heavy atom. The van der Waals surface area contributed by atoms with Gasteiger partial charge in [-0.2, -0.15) is 0 Å². The van der Waals surface area contributed by atoms with Gasteiger partial charge in [-0.15, -0.1) is 0 Å². The maximum absolute atomic E-state index is 12.8. The molecule has 1 fully saturated rings. The Kier molecular flexibility index (Phi) is 4.86. The molecule has 0 saturated carbocycles. The molecule has 8 heteroatoms. The quantitative estimate of drug-likeness (QED) is 0.802. The third-order valence-electron chi connectivity index (χ3n) is 4.12. The predicted octanol–water partition coefficient (Wildman–Crippen LogP) is 1.05. The van der Waals surface area contributed by atoms with E-state index in [4.69, 9.17) is 0 Å². The molecule has 0 radical (unpaired) electrons. The highest BCUT2D eigenvalue weighted by atomic mass is 32.2. The van der Waals surface area contributed by atoms with Gasteiger partial charge in [-0.3, -0.25) is 4.79 Å². The van der Waals surface area contributed by atoms with Crippen LogP contribution in [0.3, 0.4) is 0 Å². The molecule has 1 heterocycles. The molecule has 1 saturated heterocycles. The first-order chi connectivity index (χ1) is 10.5. The lowest BCUT2D eigenvalue weighted by Crippen LogP contribution is -2.41. The normalized spacial score (nSPS) is 20.4. The SMILES string of the molecule is CCN(C(=O)c1cc(S(C)(=O)=O)ccc1C)[C@H]1CCS(=O)(=O)C1. The maximum Gasteiger partial charge on any atom is 0.254 e. The van der Waals surface area contributed by atoms with E-state index in [2.05, 4.69) is 0 Å². The fourth-order valence-electron chi connectivity index (χ4n) is 2.81. The third kappa shape index (κ3) is 3.92. The molecule has 0 spiro atoms. The average molecular weight is 359 g/mol. The van der Waals surface area contributed by atoms with Crippen molar-refractivity contribution in [3.8, 4) is 0 Å².